The number of rotatable bonds is 2. The van der Waals surface area contributed by atoms with E-state index in [4.69, 9.17) is 11.6 Å². The molecule has 118 valence electrons. The van der Waals surface area contributed by atoms with Crippen molar-refractivity contribution in [3.8, 4) is 0 Å². The Morgan fingerprint density at radius 1 is 0.833 bits per heavy atom. The van der Waals surface area contributed by atoms with Crippen molar-refractivity contribution in [2.24, 2.45) is 0 Å². The lowest BCUT2D eigenvalue weighted by Crippen LogP contribution is -2.43. The zero-order valence-corrected chi connectivity index (χ0v) is 13.6. The molecule has 3 aromatic carbocycles. The summed E-state index contributed by atoms with van der Waals surface area (Å²) in [5, 5.41) is 4.15. The van der Waals surface area contributed by atoms with E-state index in [0.717, 1.165) is 16.9 Å². The summed E-state index contributed by atoms with van der Waals surface area (Å²) >= 11 is 6.01. The van der Waals surface area contributed by atoms with Gasteiger partial charge >= 0.3 is 0 Å². The summed E-state index contributed by atoms with van der Waals surface area (Å²) in [6.45, 7) is 0. The summed E-state index contributed by atoms with van der Waals surface area (Å²) < 4.78 is 0. The minimum absolute atomic E-state index is 0.0181. The molecule has 3 nitrogen and oxygen atoms in total. The van der Waals surface area contributed by atoms with Gasteiger partial charge < -0.3 is 5.32 Å². The molecule has 0 unspecified atom stereocenters. The average Bonchev–Trinajstić information content (AvgIpc) is 2.63. The Balaban J connectivity index is 1.86. The van der Waals surface area contributed by atoms with Crippen molar-refractivity contribution < 1.29 is 4.79 Å². The van der Waals surface area contributed by atoms with Gasteiger partial charge in [-0.25, -0.2) is 0 Å². The number of nitrogens with zero attached hydrogens (tertiary/aromatic N) is 1. The Morgan fingerprint density at radius 2 is 1.50 bits per heavy atom. The highest BCUT2D eigenvalue weighted by Gasteiger charge is 2.33. The molecule has 1 heterocycles. The van der Waals surface area contributed by atoms with Gasteiger partial charge in [0.05, 0.1) is 5.56 Å². The number of para-hydroxylation sites is 2. The molecule has 0 fully saturated rings. The van der Waals surface area contributed by atoms with E-state index in [-0.39, 0.29) is 12.1 Å². The maximum atomic E-state index is 13.1. The number of fused-ring (bicyclic) bond motifs is 1. The Kier molecular flexibility index (Phi) is 3.71. The van der Waals surface area contributed by atoms with Gasteiger partial charge in [0.15, 0.2) is 0 Å². The van der Waals surface area contributed by atoms with Crippen molar-refractivity contribution in [1.29, 1.82) is 0 Å². The van der Waals surface area contributed by atoms with Crippen molar-refractivity contribution in [2.45, 2.75) is 6.17 Å². The van der Waals surface area contributed by atoms with Gasteiger partial charge in [0.25, 0.3) is 5.91 Å². The summed E-state index contributed by atoms with van der Waals surface area (Å²) in [5.74, 6) is -0.0181. The van der Waals surface area contributed by atoms with E-state index in [1.54, 1.807) is 4.90 Å². The highest BCUT2D eigenvalue weighted by molar-refractivity contribution is 6.30. The molecule has 3 aromatic rings. The van der Waals surface area contributed by atoms with Crippen LogP contribution in [0.1, 0.15) is 22.1 Å². The first-order valence-corrected chi connectivity index (χ1v) is 8.11. The Bertz CT molecular complexity index is 878. The van der Waals surface area contributed by atoms with Gasteiger partial charge in [-0.1, -0.05) is 54.1 Å². The summed E-state index contributed by atoms with van der Waals surface area (Å²) in [7, 11) is 0. The van der Waals surface area contributed by atoms with Crippen molar-refractivity contribution in [3.05, 3.63) is 95.0 Å². The minimum atomic E-state index is -0.285. The van der Waals surface area contributed by atoms with E-state index in [1.807, 2.05) is 78.9 Å². The second-order valence-electron chi connectivity index (χ2n) is 5.65. The molecule has 0 radical (unpaired) electrons. The number of amides is 1. The predicted octanol–water partition coefficient (Wildman–Crippen LogP) is 5.11. The molecule has 1 N–H and O–H groups in total. The van der Waals surface area contributed by atoms with Crippen molar-refractivity contribution >= 4 is 28.9 Å². The zero-order chi connectivity index (χ0) is 16.5. The molecule has 1 aliphatic rings. The lowest BCUT2D eigenvalue weighted by atomic mass is 10.0. The molecule has 0 saturated carbocycles. The van der Waals surface area contributed by atoms with Crippen LogP contribution in [0.3, 0.4) is 0 Å². The molecule has 1 atom stereocenters. The Hall–Kier alpha value is -2.78. The number of halogens is 1. The number of carbonyl (C=O) groups is 1. The third-order valence-electron chi connectivity index (χ3n) is 4.15. The molecule has 0 spiro atoms. The van der Waals surface area contributed by atoms with Gasteiger partial charge in [0.2, 0.25) is 0 Å². The van der Waals surface area contributed by atoms with Crippen LogP contribution in [0, 0.1) is 0 Å². The lowest BCUT2D eigenvalue weighted by molar-refractivity contribution is 0.0975. The summed E-state index contributed by atoms with van der Waals surface area (Å²) in [5.41, 5.74) is 3.34. The van der Waals surface area contributed by atoms with Gasteiger partial charge in [-0.3, -0.25) is 9.69 Å². The molecular weight excluding hydrogens is 320 g/mol. The van der Waals surface area contributed by atoms with E-state index in [9.17, 15) is 4.79 Å². The van der Waals surface area contributed by atoms with E-state index in [2.05, 4.69) is 5.32 Å². The van der Waals surface area contributed by atoms with Gasteiger partial charge in [-0.15, -0.1) is 0 Å². The lowest BCUT2D eigenvalue weighted by Gasteiger charge is -2.38. The van der Waals surface area contributed by atoms with Crippen LogP contribution in [0.5, 0.6) is 0 Å². The first kappa shape index (κ1) is 14.8. The number of hydrogen-bond donors (Lipinski definition) is 1. The predicted molar refractivity (Wildman–Crippen MR) is 97.5 cm³/mol. The molecule has 0 aliphatic carbocycles. The van der Waals surface area contributed by atoms with Crippen LogP contribution in [0.25, 0.3) is 0 Å². The molecule has 1 aliphatic heterocycles. The average molecular weight is 335 g/mol. The first-order chi connectivity index (χ1) is 11.7. The number of benzene rings is 3. The molecule has 0 saturated heterocycles. The van der Waals surface area contributed by atoms with Crippen molar-refractivity contribution in [2.75, 3.05) is 10.2 Å². The van der Waals surface area contributed by atoms with Crippen LogP contribution >= 0.6 is 11.6 Å². The first-order valence-electron chi connectivity index (χ1n) is 7.74. The van der Waals surface area contributed by atoms with E-state index in [0.29, 0.717) is 10.6 Å². The van der Waals surface area contributed by atoms with Crippen molar-refractivity contribution in [3.63, 3.8) is 0 Å². The van der Waals surface area contributed by atoms with Gasteiger partial charge in [0.1, 0.15) is 6.17 Å². The fraction of sp³-hybridized carbons (Fsp3) is 0.0500. The largest absolute Gasteiger partial charge is 0.360 e. The van der Waals surface area contributed by atoms with Gasteiger partial charge in [0, 0.05) is 16.4 Å². The van der Waals surface area contributed by atoms with Crippen LogP contribution in [-0.4, -0.2) is 5.91 Å². The molecular formula is C20H15ClN2O. The fourth-order valence-electron chi connectivity index (χ4n) is 2.99. The molecule has 0 aromatic heterocycles. The highest BCUT2D eigenvalue weighted by Crippen LogP contribution is 2.36. The van der Waals surface area contributed by atoms with Crippen LogP contribution < -0.4 is 10.2 Å². The second-order valence-corrected chi connectivity index (χ2v) is 6.09. The maximum Gasteiger partial charge on any atom is 0.262 e. The summed E-state index contributed by atoms with van der Waals surface area (Å²) in [4.78, 5) is 14.9. The third kappa shape index (κ3) is 2.53. The van der Waals surface area contributed by atoms with Crippen LogP contribution in [0.15, 0.2) is 78.9 Å². The Labute approximate surface area is 145 Å². The normalized spacial score (nSPS) is 16.5. The Morgan fingerprint density at radius 3 is 2.25 bits per heavy atom. The molecule has 0 bridgehead atoms. The van der Waals surface area contributed by atoms with Gasteiger partial charge in [-0.2, -0.15) is 0 Å². The van der Waals surface area contributed by atoms with E-state index >= 15 is 0 Å². The smallest absolute Gasteiger partial charge is 0.262 e. The monoisotopic (exact) mass is 334 g/mol. The zero-order valence-electron chi connectivity index (χ0n) is 12.8. The standard InChI is InChI=1S/C20H15ClN2O/c21-15-12-10-14(11-13-15)19-22-18-9-5-4-8-17(18)20(24)23(19)16-6-2-1-3-7-16/h1-13,19,22H/t19-/m0/s1. The minimum Gasteiger partial charge on any atom is -0.360 e. The molecule has 24 heavy (non-hydrogen) atoms. The number of nitrogens with one attached hydrogen (secondary N) is 1. The van der Waals surface area contributed by atoms with E-state index in [1.165, 1.54) is 0 Å². The molecule has 1 amide bonds. The third-order valence-corrected chi connectivity index (χ3v) is 4.40. The van der Waals surface area contributed by atoms with E-state index < -0.39 is 0 Å². The van der Waals surface area contributed by atoms with Crippen LogP contribution in [0.2, 0.25) is 5.02 Å². The highest BCUT2D eigenvalue weighted by atomic mass is 35.5. The van der Waals surface area contributed by atoms with Crippen LogP contribution in [-0.2, 0) is 0 Å². The molecule has 4 heteroatoms. The number of anilines is 2. The molecule has 4 rings (SSSR count). The maximum absolute atomic E-state index is 13.1. The summed E-state index contributed by atoms with van der Waals surface area (Å²) in [6, 6.07) is 24.8. The SMILES string of the molecule is O=C1c2ccccc2N[C@H](c2ccc(Cl)cc2)N1c1ccccc1. The van der Waals surface area contributed by atoms with Crippen molar-refractivity contribution in [1.82, 2.24) is 0 Å². The second kappa shape index (κ2) is 6.02. The quantitative estimate of drug-likeness (QED) is 0.706. The number of hydrogen-bond acceptors (Lipinski definition) is 2. The van der Waals surface area contributed by atoms with Crippen LogP contribution in [0.4, 0.5) is 11.4 Å². The topological polar surface area (TPSA) is 32.3 Å². The summed E-state index contributed by atoms with van der Waals surface area (Å²) in [6.07, 6.45) is -0.285. The number of carbonyl (C=O) groups excluding carboxylic acids is 1. The fourth-order valence-corrected chi connectivity index (χ4v) is 3.11. The van der Waals surface area contributed by atoms with Gasteiger partial charge in [-0.05, 0) is 42.0 Å².